The molecule has 2 saturated heterocycles. The molecule has 2 heterocycles. The molecule has 0 unspecified atom stereocenters. The number of benzene rings is 1. The van der Waals surface area contributed by atoms with E-state index in [4.69, 9.17) is 4.74 Å². The summed E-state index contributed by atoms with van der Waals surface area (Å²) in [5.74, 6) is -0.352. The Morgan fingerprint density at radius 2 is 1.93 bits per heavy atom. The van der Waals surface area contributed by atoms with Gasteiger partial charge in [0.2, 0.25) is 5.91 Å². The maximum Gasteiger partial charge on any atom is 0.414 e. The predicted octanol–water partition coefficient (Wildman–Crippen LogP) is 1.97. The van der Waals surface area contributed by atoms with Crippen LogP contribution in [-0.4, -0.2) is 51.1 Å². The van der Waals surface area contributed by atoms with Crippen molar-refractivity contribution in [1.82, 2.24) is 5.32 Å². The summed E-state index contributed by atoms with van der Waals surface area (Å²) in [6, 6.07) is 4.58. The molecule has 0 spiro atoms. The first-order valence-corrected chi connectivity index (χ1v) is 11.4. The summed E-state index contributed by atoms with van der Waals surface area (Å²) in [6.45, 7) is 0.485. The van der Waals surface area contributed by atoms with Crippen LogP contribution in [0.1, 0.15) is 37.2 Å². The van der Waals surface area contributed by atoms with Gasteiger partial charge in [-0.15, -0.1) is 0 Å². The Balaban J connectivity index is 1.39. The van der Waals surface area contributed by atoms with Gasteiger partial charge in [-0.1, -0.05) is 6.07 Å². The quantitative estimate of drug-likeness (QED) is 0.801. The third-order valence-electron chi connectivity index (χ3n) is 5.62. The van der Waals surface area contributed by atoms with Crippen LogP contribution in [0.4, 0.5) is 14.9 Å². The van der Waals surface area contributed by atoms with Gasteiger partial charge in [-0.25, -0.2) is 17.6 Å². The van der Waals surface area contributed by atoms with Crippen molar-refractivity contribution in [2.45, 2.75) is 37.7 Å². The molecule has 1 saturated carbocycles. The van der Waals surface area contributed by atoms with Gasteiger partial charge in [0.05, 0.1) is 30.3 Å². The van der Waals surface area contributed by atoms with Crippen molar-refractivity contribution in [2.24, 2.45) is 5.92 Å². The summed E-state index contributed by atoms with van der Waals surface area (Å²) in [5.41, 5.74) is 0.880. The molecule has 0 bridgehead atoms. The summed E-state index contributed by atoms with van der Waals surface area (Å²) in [7, 11) is -3.01. The molecule has 1 aromatic carbocycles. The number of carbonyl (C=O) groups excluding carboxylic acids is 2. The third-order valence-corrected chi connectivity index (χ3v) is 7.33. The van der Waals surface area contributed by atoms with Crippen LogP contribution < -0.4 is 10.2 Å². The van der Waals surface area contributed by atoms with Gasteiger partial charge in [0, 0.05) is 5.92 Å². The van der Waals surface area contributed by atoms with E-state index in [-0.39, 0.29) is 42.3 Å². The summed E-state index contributed by atoms with van der Waals surface area (Å²) >= 11 is 0. The number of ether oxygens (including phenoxy) is 1. The monoisotopic (exact) mass is 410 g/mol. The maximum atomic E-state index is 14.7. The second-order valence-electron chi connectivity index (χ2n) is 7.77. The first-order valence-electron chi connectivity index (χ1n) is 9.58. The highest BCUT2D eigenvalue weighted by Gasteiger charge is 2.35. The molecule has 152 valence electrons. The highest BCUT2D eigenvalue weighted by Crippen LogP contribution is 2.33. The van der Waals surface area contributed by atoms with Crippen molar-refractivity contribution in [3.8, 4) is 0 Å². The summed E-state index contributed by atoms with van der Waals surface area (Å²) in [5, 5.41) is 2.78. The average Bonchev–Trinajstić information content (AvgIpc) is 3.43. The Morgan fingerprint density at radius 3 is 2.57 bits per heavy atom. The van der Waals surface area contributed by atoms with Gasteiger partial charge >= 0.3 is 6.09 Å². The van der Waals surface area contributed by atoms with E-state index in [1.54, 1.807) is 12.1 Å². The molecule has 9 heteroatoms. The number of cyclic esters (lactones) is 1. The van der Waals surface area contributed by atoms with Gasteiger partial charge in [-0.3, -0.25) is 9.69 Å². The fraction of sp³-hybridized carbons (Fsp3) is 0.579. The number of anilines is 1. The van der Waals surface area contributed by atoms with E-state index in [1.807, 2.05) is 0 Å². The molecular formula is C19H23FN2O5S. The zero-order valence-electron chi connectivity index (χ0n) is 15.4. The van der Waals surface area contributed by atoms with Crippen molar-refractivity contribution in [3.63, 3.8) is 0 Å². The lowest BCUT2D eigenvalue weighted by Gasteiger charge is -2.23. The molecule has 1 N–H and O–H groups in total. The van der Waals surface area contributed by atoms with Gasteiger partial charge < -0.3 is 10.1 Å². The van der Waals surface area contributed by atoms with Crippen LogP contribution in [0.25, 0.3) is 0 Å². The van der Waals surface area contributed by atoms with Crippen LogP contribution in [0.15, 0.2) is 18.2 Å². The number of carbonyl (C=O) groups is 2. The van der Waals surface area contributed by atoms with Gasteiger partial charge in [0.25, 0.3) is 0 Å². The zero-order chi connectivity index (χ0) is 19.9. The molecule has 1 atom stereocenters. The van der Waals surface area contributed by atoms with Crippen LogP contribution in [0.2, 0.25) is 0 Å². The normalized spacial score (nSPS) is 24.8. The van der Waals surface area contributed by atoms with E-state index in [1.165, 1.54) is 11.0 Å². The van der Waals surface area contributed by atoms with Crippen LogP contribution in [0.5, 0.6) is 0 Å². The van der Waals surface area contributed by atoms with Crippen LogP contribution in [-0.2, 0) is 19.4 Å². The molecule has 2 amide bonds. The highest BCUT2D eigenvalue weighted by molar-refractivity contribution is 7.91. The Morgan fingerprint density at radius 1 is 1.21 bits per heavy atom. The SMILES string of the molecule is O=C(NC[C@H]1CN(c2ccc(C3CCS(=O)(=O)CC3)c(F)c2)C(=O)O1)C1CC1. The fourth-order valence-electron chi connectivity index (χ4n) is 3.76. The molecule has 28 heavy (non-hydrogen) atoms. The number of rotatable bonds is 5. The summed E-state index contributed by atoms with van der Waals surface area (Å²) in [4.78, 5) is 25.2. The second kappa shape index (κ2) is 7.35. The summed E-state index contributed by atoms with van der Waals surface area (Å²) in [6.07, 6.45) is 1.59. The molecule has 4 rings (SSSR count). The van der Waals surface area contributed by atoms with E-state index >= 15 is 0 Å². The Labute approximate surface area is 163 Å². The molecule has 3 fully saturated rings. The lowest BCUT2D eigenvalue weighted by Crippen LogP contribution is -2.35. The Bertz CT molecular complexity index is 886. The van der Waals surface area contributed by atoms with Crippen molar-refractivity contribution in [2.75, 3.05) is 29.5 Å². The lowest BCUT2D eigenvalue weighted by molar-refractivity contribution is -0.122. The maximum absolute atomic E-state index is 14.7. The highest BCUT2D eigenvalue weighted by atomic mass is 32.2. The van der Waals surface area contributed by atoms with Crippen LogP contribution >= 0.6 is 0 Å². The van der Waals surface area contributed by atoms with Gasteiger partial charge in [0.15, 0.2) is 0 Å². The smallest absolute Gasteiger partial charge is 0.414 e. The molecule has 0 radical (unpaired) electrons. The van der Waals surface area contributed by atoms with Crippen molar-refractivity contribution >= 4 is 27.5 Å². The number of halogens is 1. The van der Waals surface area contributed by atoms with Crippen molar-refractivity contribution in [3.05, 3.63) is 29.6 Å². The minimum Gasteiger partial charge on any atom is -0.442 e. The standard InChI is InChI=1S/C19H23FN2O5S/c20-17-9-14(3-4-16(17)12-5-7-28(25,26)8-6-12)22-11-15(27-19(22)24)10-21-18(23)13-1-2-13/h3-4,9,12-13,15H,1-2,5-8,10-11H2,(H,21,23)/t15-/m0/s1. The van der Waals surface area contributed by atoms with Crippen molar-refractivity contribution < 1.29 is 27.1 Å². The van der Waals surface area contributed by atoms with Gasteiger partial charge in [-0.05, 0) is 49.3 Å². The van der Waals surface area contributed by atoms with E-state index in [9.17, 15) is 22.4 Å². The summed E-state index contributed by atoms with van der Waals surface area (Å²) < 4.78 is 43.1. The zero-order valence-corrected chi connectivity index (χ0v) is 16.2. The lowest BCUT2D eigenvalue weighted by atomic mass is 9.93. The van der Waals surface area contributed by atoms with Crippen LogP contribution in [0.3, 0.4) is 0 Å². The number of sulfone groups is 1. The van der Waals surface area contributed by atoms with Gasteiger partial charge in [0.1, 0.15) is 21.8 Å². The first-order chi connectivity index (χ1) is 13.3. The minimum absolute atomic E-state index is 0.0145. The molecule has 3 aliphatic rings. The van der Waals surface area contributed by atoms with Crippen LogP contribution in [0, 0.1) is 11.7 Å². The third kappa shape index (κ3) is 4.14. The first kappa shape index (κ1) is 19.2. The van der Waals surface area contributed by atoms with E-state index < -0.39 is 27.9 Å². The number of hydrogen-bond donors (Lipinski definition) is 1. The largest absolute Gasteiger partial charge is 0.442 e. The second-order valence-corrected chi connectivity index (χ2v) is 10.1. The van der Waals surface area contributed by atoms with E-state index in [2.05, 4.69) is 5.32 Å². The molecule has 0 aromatic heterocycles. The van der Waals surface area contributed by atoms with E-state index in [0.29, 0.717) is 24.1 Å². The molecule has 2 aliphatic heterocycles. The molecule has 1 aliphatic carbocycles. The number of nitrogens with zero attached hydrogens (tertiary/aromatic N) is 1. The topological polar surface area (TPSA) is 92.8 Å². The number of nitrogens with one attached hydrogen (secondary N) is 1. The van der Waals surface area contributed by atoms with Crippen molar-refractivity contribution in [1.29, 1.82) is 0 Å². The number of hydrogen-bond acceptors (Lipinski definition) is 5. The molecular weight excluding hydrogens is 387 g/mol. The number of amides is 2. The average molecular weight is 410 g/mol. The molecule has 7 nitrogen and oxygen atoms in total. The molecule has 1 aromatic rings. The fourth-order valence-corrected chi connectivity index (χ4v) is 5.25. The Hall–Kier alpha value is -2.16. The van der Waals surface area contributed by atoms with E-state index in [0.717, 1.165) is 12.8 Å². The predicted molar refractivity (Wildman–Crippen MR) is 100 cm³/mol. The Kier molecular flexibility index (Phi) is 5.03. The minimum atomic E-state index is -3.01. The van der Waals surface area contributed by atoms with Gasteiger partial charge in [-0.2, -0.15) is 0 Å².